The molecule has 0 aromatic carbocycles. The molecule has 0 aliphatic carbocycles. The second-order valence-corrected chi connectivity index (χ2v) is 3.67. The van der Waals surface area contributed by atoms with Crippen LogP contribution in [0.3, 0.4) is 0 Å². The van der Waals surface area contributed by atoms with Crippen molar-refractivity contribution in [3.05, 3.63) is 11.6 Å². The molecule has 0 radical (unpaired) electrons. The number of carboxylic acids is 1. The van der Waals surface area contributed by atoms with E-state index in [1.54, 1.807) is 7.05 Å². The fraction of sp³-hybridized carbons (Fsp3) is 0.500. The predicted molar refractivity (Wildman–Crippen MR) is 55.6 cm³/mol. The topological polar surface area (TPSA) is 77.9 Å². The van der Waals surface area contributed by atoms with Crippen LogP contribution in [0.1, 0.15) is 6.92 Å². The molecule has 0 bridgehead atoms. The quantitative estimate of drug-likeness (QED) is 0.511. The van der Waals surface area contributed by atoms with Gasteiger partial charge >= 0.3 is 17.8 Å². The Morgan fingerprint density at radius 2 is 2.00 bits per heavy atom. The highest BCUT2D eigenvalue weighted by Crippen LogP contribution is 2.04. The fourth-order valence-electron chi connectivity index (χ4n) is 1.28. The van der Waals surface area contributed by atoms with Crippen molar-refractivity contribution in [2.24, 2.45) is 0 Å². The third kappa shape index (κ3) is 2.59. The van der Waals surface area contributed by atoms with Crippen molar-refractivity contribution in [3.8, 4) is 0 Å². The van der Waals surface area contributed by atoms with Gasteiger partial charge in [-0.1, -0.05) is 6.08 Å². The van der Waals surface area contributed by atoms with Gasteiger partial charge in [0.1, 0.15) is 0 Å². The maximum atomic E-state index is 11.5. The van der Waals surface area contributed by atoms with Gasteiger partial charge in [0.15, 0.2) is 0 Å². The molecule has 0 unspecified atom stereocenters. The number of piperazine rings is 1. The minimum absolute atomic E-state index is 0.163. The van der Waals surface area contributed by atoms with Crippen molar-refractivity contribution in [3.63, 3.8) is 0 Å². The average Bonchev–Trinajstić information content (AvgIpc) is 2.24. The molecule has 0 spiro atoms. The highest BCUT2D eigenvalue weighted by Gasteiger charge is 2.29. The summed E-state index contributed by atoms with van der Waals surface area (Å²) < 4.78 is 0. The molecule has 1 heterocycles. The Bertz CT molecular complexity index is 362. The standard InChI is InChI=1S/C10H14N2O4/c1-7(10(15)16)3-4-12-6-5-11(2)8(13)9(12)14/h3H,4-6H2,1-2H3,(H,15,16). The lowest BCUT2D eigenvalue weighted by molar-refractivity contribution is -0.154. The first-order chi connectivity index (χ1) is 7.43. The van der Waals surface area contributed by atoms with Gasteiger partial charge in [0.2, 0.25) is 0 Å². The minimum atomic E-state index is -1.02. The van der Waals surface area contributed by atoms with Crippen LogP contribution in [-0.4, -0.2) is 59.4 Å². The lowest BCUT2D eigenvalue weighted by Gasteiger charge is -2.30. The summed E-state index contributed by atoms with van der Waals surface area (Å²) in [5, 5.41) is 8.62. The molecular weight excluding hydrogens is 212 g/mol. The number of hydrogen-bond donors (Lipinski definition) is 1. The van der Waals surface area contributed by atoms with E-state index in [9.17, 15) is 14.4 Å². The highest BCUT2D eigenvalue weighted by atomic mass is 16.4. The molecule has 1 saturated heterocycles. The van der Waals surface area contributed by atoms with E-state index in [-0.39, 0.29) is 12.1 Å². The second kappa shape index (κ2) is 4.78. The van der Waals surface area contributed by atoms with E-state index in [2.05, 4.69) is 0 Å². The number of hydrogen-bond acceptors (Lipinski definition) is 3. The van der Waals surface area contributed by atoms with Crippen LogP contribution < -0.4 is 0 Å². The van der Waals surface area contributed by atoms with E-state index >= 15 is 0 Å². The first-order valence-corrected chi connectivity index (χ1v) is 4.88. The van der Waals surface area contributed by atoms with Crippen molar-refractivity contribution >= 4 is 17.8 Å². The van der Waals surface area contributed by atoms with Crippen LogP contribution in [0.15, 0.2) is 11.6 Å². The van der Waals surface area contributed by atoms with Gasteiger partial charge in [0.05, 0.1) is 0 Å². The lowest BCUT2D eigenvalue weighted by Crippen LogP contribution is -2.52. The Morgan fingerprint density at radius 1 is 1.38 bits per heavy atom. The summed E-state index contributed by atoms with van der Waals surface area (Å²) >= 11 is 0. The Balaban J connectivity index is 2.63. The molecule has 1 N–H and O–H groups in total. The Morgan fingerprint density at radius 3 is 2.56 bits per heavy atom. The van der Waals surface area contributed by atoms with Crippen LogP contribution in [0.4, 0.5) is 0 Å². The van der Waals surface area contributed by atoms with Gasteiger partial charge in [-0.2, -0.15) is 0 Å². The van der Waals surface area contributed by atoms with Crippen molar-refractivity contribution in [2.45, 2.75) is 6.92 Å². The first-order valence-electron chi connectivity index (χ1n) is 4.88. The number of nitrogens with zero attached hydrogens (tertiary/aromatic N) is 2. The summed E-state index contributed by atoms with van der Waals surface area (Å²) in [6.45, 7) is 2.52. The van der Waals surface area contributed by atoms with Crippen LogP contribution in [0, 0.1) is 0 Å². The molecule has 1 fully saturated rings. The molecule has 6 heteroatoms. The maximum Gasteiger partial charge on any atom is 0.331 e. The third-order valence-corrected chi connectivity index (χ3v) is 2.48. The van der Waals surface area contributed by atoms with Crippen molar-refractivity contribution in [2.75, 3.05) is 26.7 Å². The van der Waals surface area contributed by atoms with Crippen LogP contribution in [0.25, 0.3) is 0 Å². The fourth-order valence-corrected chi connectivity index (χ4v) is 1.28. The van der Waals surface area contributed by atoms with Crippen LogP contribution >= 0.6 is 0 Å². The zero-order chi connectivity index (χ0) is 12.3. The summed E-state index contributed by atoms with van der Waals surface area (Å²) in [4.78, 5) is 36.0. The molecular formula is C10H14N2O4. The van der Waals surface area contributed by atoms with Crippen LogP contribution in [0.5, 0.6) is 0 Å². The monoisotopic (exact) mass is 226 g/mol. The van der Waals surface area contributed by atoms with Crippen LogP contribution in [0.2, 0.25) is 0 Å². The van der Waals surface area contributed by atoms with Gasteiger partial charge in [-0.05, 0) is 6.92 Å². The number of amides is 2. The van der Waals surface area contributed by atoms with Crippen LogP contribution in [-0.2, 0) is 14.4 Å². The van der Waals surface area contributed by atoms with Crippen molar-refractivity contribution in [1.82, 2.24) is 9.80 Å². The van der Waals surface area contributed by atoms with Crippen molar-refractivity contribution in [1.29, 1.82) is 0 Å². The van der Waals surface area contributed by atoms with E-state index in [0.717, 1.165) is 0 Å². The van der Waals surface area contributed by atoms with E-state index < -0.39 is 17.8 Å². The smallest absolute Gasteiger partial charge is 0.331 e. The number of carbonyl (C=O) groups excluding carboxylic acids is 2. The number of carbonyl (C=O) groups is 3. The molecule has 1 aliphatic rings. The predicted octanol–water partition coefficient (Wildman–Crippen LogP) is -0.682. The molecule has 0 saturated carbocycles. The number of carboxylic acid groups (broad SMARTS) is 1. The molecule has 1 rings (SSSR count). The Labute approximate surface area is 93.1 Å². The number of aliphatic carboxylic acids is 1. The van der Waals surface area contributed by atoms with Crippen molar-refractivity contribution < 1.29 is 19.5 Å². The minimum Gasteiger partial charge on any atom is -0.478 e. The molecule has 2 amide bonds. The maximum absolute atomic E-state index is 11.5. The second-order valence-electron chi connectivity index (χ2n) is 3.67. The van der Waals surface area contributed by atoms with E-state index in [1.165, 1.54) is 22.8 Å². The third-order valence-electron chi connectivity index (χ3n) is 2.48. The molecule has 1 aliphatic heterocycles. The Kier molecular flexibility index (Phi) is 3.65. The largest absolute Gasteiger partial charge is 0.478 e. The van der Waals surface area contributed by atoms with Gasteiger partial charge < -0.3 is 14.9 Å². The highest BCUT2D eigenvalue weighted by molar-refractivity contribution is 6.35. The summed E-state index contributed by atoms with van der Waals surface area (Å²) in [6.07, 6.45) is 1.43. The lowest BCUT2D eigenvalue weighted by atomic mass is 10.2. The molecule has 6 nitrogen and oxygen atoms in total. The molecule has 0 atom stereocenters. The molecule has 0 aromatic rings. The van der Waals surface area contributed by atoms with Gasteiger partial charge in [-0.25, -0.2) is 4.79 Å². The summed E-state index contributed by atoms with van der Waals surface area (Å²) in [7, 11) is 1.57. The molecule has 88 valence electrons. The Hall–Kier alpha value is -1.85. The van der Waals surface area contributed by atoms with Gasteiger partial charge in [-0.15, -0.1) is 0 Å². The van der Waals surface area contributed by atoms with Gasteiger partial charge in [-0.3, -0.25) is 9.59 Å². The average molecular weight is 226 g/mol. The normalized spacial score (nSPS) is 18.0. The van der Waals surface area contributed by atoms with E-state index in [4.69, 9.17) is 5.11 Å². The summed E-state index contributed by atoms with van der Waals surface area (Å²) in [6, 6.07) is 0. The zero-order valence-corrected chi connectivity index (χ0v) is 9.27. The SMILES string of the molecule is CC(=CCN1CCN(C)C(=O)C1=O)C(=O)O. The van der Waals surface area contributed by atoms with E-state index in [1.807, 2.05) is 0 Å². The molecule has 16 heavy (non-hydrogen) atoms. The zero-order valence-electron chi connectivity index (χ0n) is 9.27. The first kappa shape index (κ1) is 12.2. The number of rotatable bonds is 3. The molecule has 0 aromatic heterocycles. The van der Waals surface area contributed by atoms with E-state index in [0.29, 0.717) is 13.1 Å². The van der Waals surface area contributed by atoms with Gasteiger partial charge in [0, 0.05) is 32.3 Å². The number of likely N-dealkylation sites (N-methyl/N-ethyl adjacent to an activating group) is 1. The van der Waals surface area contributed by atoms with Gasteiger partial charge in [0.25, 0.3) is 0 Å². The summed E-state index contributed by atoms with van der Waals surface area (Å²) in [5.41, 5.74) is 0.166. The summed E-state index contributed by atoms with van der Waals surface area (Å²) in [5.74, 6) is -2.15.